The number of nitro benzene ring substituents is 1. The van der Waals surface area contributed by atoms with Crippen molar-refractivity contribution < 1.29 is 28.4 Å². The average molecular weight is 360 g/mol. The molecule has 1 aliphatic heterocycles. The van der Waals surface area contributed by atoms with Crippen LogP contribution in [-0.4, -0.2) is 30.0 Å². The second-order valence-electron chi connectivity index (χ2n) is 5.47. The van der Waals surface area contributed by atoms with Crippen molar-refractivity contribution in [2.45, 2.75) is 6.61 Å². The molecule has 0 radical (unpaired) electrons. The van der Waals surface area contributed by atoms with Crippen LogP contribution < -0.4 is 9.64 Å². The number of fused-ring (bicyclic) bond motifs is 1. The van der Waals surface area contributed by atoms with Crippen LogP contribution in [0.15, 0.2) is 42.5 Å². The summed E-state index contributed by atoms with van der Waals surface area (Å²) in [5.74, 6) is -1.46. The molecule has 9 heteroatoms. The summed E-state index contributed by atoms with van der Waals surface area (Å²) < 4.78 is 23.4. The fourth-order valence-electron chi connectivity index (χ4n) is 2.44. The van der Waals surface area contributed by atoms with Crippen LogP contribution in [0.5, 0.6) is 5.75 Å². The maximum atomic E-state index is 13.1. The fraction of sp³-hybridized carbons (Fsp3) is 0.176. The summed E-state index contributed by atoms with van der Waals surface area (Å²) in [5.41, 5.74) is 0.348. The predicted molar refractivity (Wildman–Crippen MR) is 87.1 cm³/mol. The Labute approximate surface area is 146 Å². The van der Waals surface area contributed by atoms with Gasteiger partial charge < -0.3 is 9.47 Å². The van der Waals surface area contributed by atoms with E-state index in [0.717, 1.165) is 11.0 Å². The predicted octanol–water partition coefficient (Wildman–Crippen LogP) is 2.20. The number of non-ortho nitro benzene ring substituents is 1. The molecule has 134 valence electrons. The van der Waals surface area contributed by atoms with Gasteiger partial charge in [-0.05, 0) is 23.8 Å². The molecule has 0 atom stereocenters. The molecule has 3 rings (SSSR count). The van der Waals surface area contributed by atoms with Gasteiger partial charge in [0.15, 0.2) is 6.61 Å². The quantitative estimate of drug-likeness (QED) is 0.460. The molecule has 0 aromatic heterocycles. The standard InChI is InChI=1S/C17H13FN2O6/c18-12-3-1-2-11(6-12)9-26-17(22)8-19-14-7-13(20(23)24)4-5-15(14)25-10-16(19)21/h1-7H,8-10H2. The number of benzene rings is 2. The first-order chi connectivity index (χ1) is 12.4. The van der Waals surface area contributed by atoms with Gasteiger partial charge in [0.1, 0.15) is 24.7 Å². The lowest BCUT2D eigenvalue weighted by molar-refractivity contribution is -0.384. The first kappa shape index (κ1) is 17.3. The van der Waals surface area contributed by atoms with E-state index in [9.17, 15) is 24.1 Å². The number of ether oxygens (including phenoxy) is 2. The normalized spacial score (nSPS) is 13.0. The molecule has 0 saturated carbocycles. The summed E-state index contributed by atoms with van der Waals surface area (Å²) in [7, 11) is 0. The van der Waals surface area contributed by atoms with E-state index >= 15 is 0 Å². The highest BCUT2D eigenvalue weighted by Crippen LogP contribution is 2.35. The van der Waals surface area contributed by atoms with Crippen LogP contribution in [0, 0.1) is 15.9 Å². The van der Waals surface area contributed by atoms with E-state index in [-0.39, 0.29) is 30.3 Å². The fourth-order valence-corrected chi connectivity index (χ4v) is 2.44. The second-order valence-corrected chi connectivity index (χ2v) is 5.47. The number of nitro groups is 1. The van der Waals surface area contributed by atoms with Crippen LogP contribution in [0.25, 0.3) is 0 Å². The van der Waals surface area contributed by atoms with Gasteiger partial charge in [-0.2, -0.15) is 0 Å². The molecule has 2 aromatic rings. The maximum Gasteiger partial charge on any atom is 0.326 e. The third kappa shape index (κ3) is 3.77. The van der Waals surface area contributed by atoms with E-state index in [1.165, 1.54) is 30.3 Å². The van der Waals surface area contributed by atoms with E-state index in [1.807, 2.05) is 0 Å². The zero-order chi connectivity index (χ0) is 18.7. The zero-order valence-electron chi connectivity index (χ0n) is 13.4. The Morgan fingerprint density at radius 3 is 2.85 bits per heavy atom. The molecular weight excluding hydrogens is 347 g/mol. The molecule has 2 aromatic carbocycles. The number of hydrogen-bond acceptors (Lipinski definition) is 6. The van der Waals surface area contributed by atoms with Crippen molar-refractivity contribution in [3.8, 4) is 5.75 Å². The Balaban J connectivity index is 1.72. The third-order valence-electron chi connectivity index (χ3n) is 3.67. The first-order valence-corrected chi connectivity index (χ1v) is 7.56. The topological polar surface area (TPSA) is 99.0 Å². The Morgan fingerprint density at radius 1 is 1.31 bits per heavy atom. The van der Waals surface area contributed by atoms with Gasteiger partial charge >= 0.3 is 5.97 Å². The monoisotopic (exact) mass is 360 g/mol. The van der Waals surface area contributed by atoms with Gasteiger partial charge in [-0.3, -0.25) is 24.6 Å². The lowest BCUT2D eigenvalue weighted by Crippen LogP contribution is -2.42. The Morgan fingerprint density at radius 2 is 2.12 bits per heavy atom. The van der Waals surface area contributed by atoms with E-state index in [0.29, 0.717) is 5.56 Å². The smallest absolute Gasteiger partial charge is 0.326 e. The van der Waals surface area contributed by atoms with E-state index in [4.69, 9.17) is 9.47 Å². The first-order valence-electron chi connectivity index (χ1n) is 7.56. The molecule has 0 spiro atoms. The number of anilines is 1. The minimum atomic E-state index is -0.734. The SMILES string of the molecule is O=C(CN1C(=O)COc2ccc([N+](=O)[O-])cc21)OCc1cccc(F)c1. The van der Waals surface area contributed by atoms with Crippen LogP contribution in [-0.2, 0) is 20.9 Å². The lowest BCUT2D eigenvalue weighted by atomic mass is 10.2. The number of carbonyl (C=O) groups excluding carboxylic acids is 2. The van der Waals surface area contributed by atoms with Gasteiger partial charge in [-0.15, -0.1) is 0 Å². The van der Waals surface area contributed by atoms with Crippen molar-refractivity contribution in [3.05, 3.63) is 64.0 Å². The molecule has 0 N–H and O–H groups in total. The highest BCUT2D eigenvalue weighted by Gasteiger charge is 2.29. The summed E-state index contributed by atoms with van der Waals surface area (Å²) in [6.45, 7) is -0.884. The molecule has 0 saturated heterocycles. The van der Waals surface area contributed by atoms with Crippen molar-refractivity contribution in [1.29, 1.82) is 0 Å². The summed E-state index contributed by atoms with van der Waals surface area (Å²) in [6.07, 6.45) is 0. The van der Waals surface area contributed by atoms with Crippen molar-refractivity contribution in [2.75, 3.05) is 18.1 Å². The lowest BCUT2D eigenvalue weighted by Gasteiger charge is -2.28. The van der Waals surface area contributed by atoms with Crippen LogP contribution in [0.3, 0.4) is 0 Å². The van der Waals surface area contributed by atoms with E-state index < -0.39 is 29.2 Å². The van der Waals surface area contributed by atoms with E-state index in [1.54, 1.807) is 6.07 Å². The molecular formula is C17H13FN2O6. The van der Waals surface area contributed by atoms with Crippen LogP contribution >= 0.6 is 0 Å². The van der Waals surface area contributed by atoms with Gasteiger partial charge in [-0.1, -0.05) is 12.1 Å². The number of carbonyl (C=O) groups is 2. The van der Waals surface area contributed by atoms with Gasteiger partial charge in [0.2, 0.25) is 0 Å². The summed E-state index contributed by atoms with van der Waals surface area (Å²) in [4.78, 5) is 35.5. The minimum Gasteiger partial charge on any atom is -0.482 e. The molecule has 1 aliphatic rings. The third-order valence-corrected chi connectivity index (χ3v) is 3.67. The van der Waals surface area contributed by atoms with Crippen LogP contribution in [0.1, 0.15) is 5.56 Å². The highest BCUT2D eigenvalue weighted by atomic mass is 19.1. The molecule has 1 heterocycles. The Bertz CT molecular complexity index is 885. The largest absolute Gasteiger partial charge is 0.482 e. The second kappa shape index (κ2) is 7.18. The number of nitrogens with zero attached hydrogens (tertiary/aromatic N) is 2. The summed E-state index contributed by atoms with van der Waals surface area (Å²) >= 11 is 0. The van der Waals surface area contributed by atoms with Crippen LogP contribution in [0.4, 0.5) is 15.8 Å². The Kier molecular flexibility index (Phi) is 4.78. The van der Waals surface area contributed by atoms with Crippen LogP contribution in [0.2, 0.25) is 0 Å². The molecule has 0 aliphatic carbocycles. The average Bonchev–Trinajstić information content (AvgIpc) is 2.62. The molecule has 1 amide bonds. The van der Waals surface area contributed by atoms with Gasteiger partial charge in [-0.25, -0.2) is 4.39 Å². The molecule has 0 bridgehead atoms. The van der Waals surface area contributed by atoms with Crippen molar-refractivity contribution >= 4 is 23.3 Å². The molecule has 0 fully saturated rings. The number of hydrogen-bond donors (Lipinski definition) is 0. The summed E-state index contributed by atoms with van der Waals surface area (Å²) in [5, 5.41) is 10.9. The van der Waals surface area contributed by atoms with E-state index in [2.05, 4.69) is 0 Å². The minimum absolute atomic E-state index is 0.123. The number of halogens is 1. The van der Waals surface area contributed by atoms with Crippen molar-refractivity contribution in [1.82, 2.24) is 0 Å². The van der Waals surface area contributed by atoms with Gasteiger partial charge in [0.25, 0.3) is 11.6 Å². The molecule has 26 heavy (non-hydrogen) atoms. The molecule has 8 nitrogen and oxygen atoms in total. The maximum absolute atomic E-state index is 13.1. The molecule has 0 unspecified atom stereocenters. The Hall–Kier alpha value is -3.49. The van der Waals surface area contributed by atoms with Gasteiger partial charge in [0, 0.05) is 12.1 Å². The summed E-state index contributed by atoms with van der Waals surface area (Å²) in [6, 6.07) is 9.34. The highest BCUT2D eigenvalue weighted by molar-refractivity contribution is 6.01. The number of amides is 1. The van der Waals surface area contributed by atoms with Crippen molar-refractivity contribution in [3.63, 3.8) is 0 Å². The van der Waals surface area contributed by atoms with Crippen molar-refractivity contribution in [2.24, 2.45) is 0 Å². The number of rotatable bonds is 5. The van der Waals surface area contributed by atoms with Gasteiger partial charge in [0.05, 0.1) is 10.6 Å². The zero-order valence-corrected chi connectivity index (χ0v) is 13.4. The number of esters is 1.